The molecule has 1 saturated heterocycles. The number of aromatic nitrogens is 2. The van der Waals surface area contributed by atoms with Crippen LogP contribution in [0.2, 0.25) is 0 Å². The number of carbonyl (C=O) groups is 1. The molecular formula is C13H22N4O. The van der Waals surface area contributed by atoms with Crippen LogP contribution in [0, 0.1) is 0 Å². The molecule has 0 saturated carbocycles. The number of amides is 1. The molecule has 2 heterocycles. The Balaban J connectivity index is 1.89. The molecule has 18 heavy (non-hydrogen) atoms. The number of nitrogens with one attached hydrogen (secondary N) is 2. The zero-order valence-electron chi connectivity index (χ0n) is 11.1. The van der Waals surface area contributed by atoms with Crippen molar-refractivity contribution in [2.45, 2.75) is 45.2 Å². The van der Waals surface area contributed by atoms with Gasteiger partial charge in [-0.3, -0.25) is 4.79 Å². The van der Waals surface area contributed by atoms with Crippen molar-refractivity contribution in [2.75, 3.05) is 13.1 Å². The molecule has 1 fully saturated rings. The lowest BCUT2D eigenvalue weighted by molar-refractivity contribution is -0.121. The van der Waals surface area contributed by atoms with E-state index in [1.165, 1.54) is 5.69 Å². The van der Waals surface area contributed by atoms with Crippen LogP contribution in [0.4, 0.5) is 0 Å². The summed E-state index contributed by atoms with van der Waals surface area (Å²) in [5, 5.41) is 6.27. The van der Waals surface area contributed by atoms with Crippen molar-refractivity contribution in [3.8, 4) is 0 Å². The molecule has 1 aromatic rings. The van der Waals surface area contributed by atoms with Crippen molar-refractivity contribution >= 4 is 5.91 Å². The van der Waals surface area contributed by atoms with Gasteiger partial charge >= 0.3 is 0 Å². The van der Waals surface area contributed by atoms with Gasteiger partial charge in [0.05, 0.1) is 6.33 Å². The smallest absolute Gasteiger partial charge is 0.221 e. The third-order valence-corrected chi connectivity index (χ3v) is 3.25. The van der Waals surface area contributed by atoms with Gasteiger partial charge in [-0.1, -0.05) is 0 Å². The van der Waals surface area contributed by atoms with Gasteiger partial charge < -0.3 is 15.2 Å². The molecule has 1 atom stereocenters. The molecule has 5 nitrogen and oxygen atoms in total. The highest BCUT2D eigenvalue weighted by Gasteiger charge is 2.20. The molecule has 5 heteroatoms. The van der Waals surface area contributed by atoms with E-state index in [2.05, 4.69) is 20.2 Å². The van der Waals surface area contributed by atoms with Crippen molar-refractivity contribution in [1.82, 2.24) is 20.2 Å². The van der Waals surface area contributed by atoms with E-state index in [1.807, 2.05) is 26.4 Å². The Morgan fingerprint density at radius 3 is 3.17 bits per heavy atom. The predicted octanol–water partition coefficient (Wildman–Crippen LogP) is 0.875. The molecule has 0 aromatic carbocycles. The van der Waals surface area contributed by atoms with Gasteiger partial charge in [-0.15, -0.1) is 0 Å². The van der Waals surface area contributed by atoms with Gasteiger partial charge in [0.2, 0.25) is 5.91 Å². The normalized spacial score (nSPS) is 19.4. The standard InChI is InChI=1S/C13H22N4O/c1-10(2)16-13(18)4-6-17-9-15-8-12(17)11-3-5-14-7-11/h8-11,14H,3-7H2,1-2H3,(H,16,18). The van der Waals surface area contributed by atoms with Gasteiger partial charge in [0.25, 0.3) is 0 Å². The summed E-state index contributed by atoms with van der Waals surface area (Å²) >= 11 is 0. The van der Waals surface area contributed by atoms with Crippen LogP contribution in [0.15, 0.2) is 12.5 Å². The van der Waals surface area contributed by atoms with Crippen molar-refractivity contribution < 1.29 is 4.79 Å². The lowest BCUT2D eigenvalue weighted by Gasteiger charge is -2.13. The largest absolute Gasteiger partial charge is 0.354 e. The first-order chi connectivity index (χ1) is 8.66. The summed E-state index contributed by atoms with van der Waals surface area (Å²) in [4.78, 5) is 15.8. The molecule has 2 N–H and O–H groups in total. The van der Waals surface area contributed by atoms with Crippen LogP contribution in [0.1, 0.15) is 38.3 Å². The predicted molar refractivity (Wildman–Crippen MR) is 70.4 cm³/mol. The lowest BCUT2D eigenvalue weighted by Crippen LogP contribution is -2.30. The van der Waals surface area contributed by atoms with Crippen molar-refractivity contribution in [3.05, 3.63) is 18.2 Å². The number of hydrogen-bond donors (Lipinski definition) is 2. The third-order valence-electron chi connectivity index (χ3n) is 3.25. The number of aryl methyl sites for hydroxylation is 1. The third kappa shape index (κ3) is 3.32. The second-order valence-corrected chi connectivity index (χ2v) is 5.17. The van der Waals surface area contributed by atoms with Crippen molar-refractivity contribution in [2.24, 2.45) is 0 Å². The van der Waals surface area contributed by atoms with Crippen LogP contribution in [0.25, 0.3) is 0 Å². The Kier molecular flexibility index (Phi) is 4.36. The highest BCUT2D eigenvalue weighted by Crippen LogP contribution is 2.21. The first-order valence-electron chi connectivity index (χ1n) is 6.67. The van der Waals surface area contributed by atoms with Gasteiger partial charge in [0.15, 0.2) is 0 Å². The summed E-state index contributed by atoms with van der Waals surface area (Å²) in [7, 11) is 0. The quantitative estimate of drug-likeness (QED) is 0.815. The van der Waals surface area contributed by atoms with Gasteiger partial charge in [-0.05, 0) is 26.8 Å². The molecule has 2 rings (SSSR count). The molecule has 0 spiro atoms. The number of nitrogens with zero attached hydrogens (tertiary/aromatic N) is 2. The van der Waals surface area contributed by atoms with Crippen LogP contribution in [0.3, 0.4) is 0 Å². The molecule has 0 radical (unpaired) electrons. The Morgan fingerprint density at radius 1 is 1.67 bits per heavy atom. The zero-order chi connectivity index (χ0) is 13.0. The minimum absolute atomic E-state index is 0.106. The van der Waals surface area contributed by atoms with E-state index in [-0.39, 0.29) is 11.9 Å². The van der Waals surface area contributed by atoms with Gasteiger partial charge in [0.1, 0.15) is 0 Å². The summed E-state index contributed by atoms with van der Waals surface area (Å²) in [5.74, 6) is 0.648. The van der Waals surface area contributed by atoms with E-state index < -0.39 is 0 Å². The van der Waals surface area contributed by atoms with Crippen molar-refractivity contribution in [3.63, 3.8) is 0 Å². The highest BCUT2D eigenvalue weighted by molar-refractivity contribution is 5.76. The molecule has 0 bridgehead atoms. The zero-order valence-corrected chi connectivity index (χ0v) is 11.1. The number of rotatable bonds is 5. The highest BCUT2D eigenvalue weighted by atomic mass is 16.1. The summed E-state index contributed by atoms with van der Waals surface area (Å²) in [5.41, 5.74) is 1.25. The molecule has 1 aliphatic heterocycles. The topological polar surface area (TPSA) is 59.0 Å². The summed E-state index contributed by atoms with van der Waals surface area (Å²) < 4.78 is 2.11. The van der Waals surface area contributed by atoms with Gasteiger partial charge in [-0.25, -0.2) is 4.98 Å². The second-order valence-electron chi connectivity index (χ2n) is 5.17. The Hall–Kier alpha value is -1.36. The molecule has 0 aliphatic carbocycles. The van der Waals surface area contributed by atoms with Crippen LogP contribution in [-0.2, 0) is 11.3 Å². The SMILES string of the molecule is CC(C)NC(=O)CCn1cncc1C1CCNC1. The Bertz CT molecular complexity index is 393. The minimum Gasteiger partial charge on any atom is -0.354 e. The summed E-state index contributed by atoms with van der Waals surface area (Å²) in [6.45, 7) is 6.76. The fourth-order valence-electron chi connectivity index (χ4n) is 2.38. The van der Waals surface area contributed by atoms with E-state index in [0.29, 0.717) is 18.9 Å². The molecule has 1 unspecified atom stereocenters. The number of carbonyl (C=O) groups excluding carboxylic acids is 1. The van der Waals surface area contributed by atoms with Crippen molar-refractivity contribution in [1.29, 1.82) is 0 Å². The van der Waals surface area contributed by atoms with Crippen LogP contribution >= 0.6 is 0 Å². The number of hydrogen-bond acceptors (Lipinski definition) is 3. The minimum atomic E-state index is 0.106. The average molecular weight is 250 g/mol. The first-order valence-corrected chi connectivity index (χ1v) is 6.67. The van der Waals surface area contributed by atoms with E-state index in [0.717, 1.165) is 19.5 Å². The van der Waals surface area contributed by atoms with Crippen LogP contribution < -0.4 is 10.6 Å². The van der Waals surface area contributed by atoms with Crippen LogP contribution in [-0.4, -0.2) is 34.6 Å². The van der Waals surface area contributed by atoms with Gasteiger partial charge in [-0.2, -0.15) is 0 Å². The summed E-state index contributed by atoms with van der Waals surface area (Å²) in [6.07, 6.45) is 5.43. The molecule has 1 aliphatic rings. The fraction of sp³-hybridized carbons (Fsp3) is 0.692. The Labute approximate surface area is 108 Å². The molecule has 1 aromatic heterocycles. The fourth-order valence-corrected chi connectivity index (χ4v) is 2.38. The molecular weight excluding hydrogens is 228 g/mol. The van der Waals surface area contributed by atoms with E-state index >= 15 is 0 Å². The van der Waals surface area contributed by atoms with E-state index in [9.17, 15) is 4.79 Å². The van der Waals surface area contributed by atoms with Crippen LogP contribution in [0.5, 0.6) is 0 Å². The molecule has 100 valence electrons. The average Bonchev–Trinajstić information content (AvgIpc) is 2.96. The maximum atomic E-state index is 11.6. The van der Waals surface area contributed by atoms with E-state index in [4.69, 9.17) is 0 Å². The Morgan fingerprint density at radius 2 is 2.50 bits per heavy atom. The monoisotopic (exact) mass is 250 g/mol. The second kappa shape index (κ2) is 6.00. The van der Waals surface area contributed by atoms with E-state index in [1.54, 1.807) is 0 Å². The molecule has 1 amide bonds. The summed E-state index contributed by atoms with van der Waals surface area (Å²) in [6, 6.07) is 0.207. The first kappa shape index (κ1) is 13.1. The number of imidazole rings is 1. The van der Waals surface area contributed by atoms with Gasteiger partial charge in [0, 0.05) is 43.4 Å². The maximum absolute atomic E-state index is 11.6. The lowest BCUT2D eigenvalue weighted by atomic mass is 10.1. The maximum Gasteiger partial charge on any atom is 0.221 e.